The lowest BCUT2D eigenvalue weighted by atomic mass is 10.1. The van der Waals surface area contributed by atoms with E-state index < -0.39 is 10.0 Å². The fraction of sp³-hybridized carbons (Fsp3) is 0.400. The van der Waals surface area contributed by atoms with Crippen molar-refractivity contribution in [1.29, 1.82) is 0 Å². The fourth-order valence-electron chi connectivity index (χ4n) is 3.24. The fourth-order valence-corrected chi connectivity index (χ4v) is 4.79. The number of methoxy groups -OCH3 is 2. The van der Waals surface area contributed by atoms with E-state index in [0.29, 0.717) is 37.7 Å². The highest BCUT2D eigenvalue weighted by Crippen LogP contribution is 2.31. The highest BCUT2D eigenvalue weighted by atomic mass is 32.2. The van der Waals surface area contributed by atoms with E-state index in [-0.39, 0.29) is 4.90 Å². The lowest BCUT2D eigenvalue weighted by Gasteiger charge is -2.35. The van der Waals surface area contributed by atoms with Crippen molar-refractivity contribution in [2.24, 2.45) is 0 Å². The second-order valence-corrected chi connectivity index (χ2v) is 8.58. The topological polar surface area (TPSA) is 59.1 Å². The number of benzene rings is 2. The minimum atomic E-state index is -3.62. The summed E-state index contributed by atoms with van der Waals surface area (Å²) < 4.78 is 38.2. The molecule has 0 atom stereocenters. The van der Waals surface area contributed by atoms with Crippen LogP contribution in [0.3, 0.4) is 0 Å². The summed E-state index contributed by atoms with van der Waals surface area (Å²) in [6.07, 6.45) is 0. The average molecular weight is 391 g/mol. The first kappa shape index (κ1) is 19.5. The van der Waals surface area contributed by atoms with Crippen molar-refractivity contribution in [1.82, 2.24) is 4.31 Å². The Kier molecular flexibility index (Phi) is 5.62. The van der Waals surface area contributed by atoms with Crippen molar-refractivity contribution in [2.75, 3.05) is 45.3 Å². The van der Waals surface area contributed by atoms with E-state index in [0.717, 1.165) is 5.69 Å². The van der Waals surface area contributed by atoms with Gasteiger partial charge in [0.25, 0.3) is 0 Å². The Balaban J connectivity index is 1.77. The Hall–Kier alpha value is -2.25. The second-order valence-electron chi connectivity index (χ2n) is 6.68. The number of anilines is 1. The molecule has 7 heteroatoms. The van der Waals surface area contributed by atoms with Crippen LogP contribution in [0, 0.1) is 13.8 Å². The summed E-state index contributed by atoms with van der Waals surface area (Å²) in [4.78, 5) is 2.40. The van der Waals surface area contributed by atoms with E-state index in [2.05, 4.69) is 36.9 Å². The zero-order valence-corrected chi connectivity index (χ0v) is 17.0. The second kappa shape index (κ2) is 7.78. The van der Waals surface area contributed by atoms with Gasteiger partial charge in [-0.1, -0.05) is 6.07 Å². The Morgan fingerprint density at radius 3 is 2.15 bits per heavy atom. The Bertz CT molecular complexity index is 920. The molecule has 0 N–H and O–H groups in total. The molecule has 6 nitrogen and oxygen atoms in total. The third kappa shape index (κ3) is 3.89. The number of hydrogen-bond donors (Lipinski definition) is 0. The van der Waals surface area contributed by atoms with Crippen LogP contribution in [-0.2, 0) is 10.0 Å². The van der Waals surface area contributed by atoms with Gasteiger partial charge in [0.2, 0.25) is 10.0 Å². The molecule has 1 fully saturated rings. The highest BCUT2D eigenvalue weighted by molar-refractivity contribution is 7.89. The van der Waals surface area contributed by atoms with Crippen LogP contribution in [0.2, 0.25) is 0 Å². The SMILES string of the molecule is COc1ccc(S(=O)(=O)N2CCN(c3ccc(C)c(C)c3)CC2)c(OC)c1. The van der Waals surface area contributed by atoms with Gasteiger partial charge in [-0.3, -0.25) is 0 Å². The Morgan fingerprint density at radius 1 is 0.852 bits per heavy atom. The predicted molar refractivity (Wildman–Crippen MR) is 106 cm³/mol. The van der Waals surface area contributed by atoms with Gasteiger partial charge in [-0.15, -0.1) is 0 Å². The number of rotatable bonds is 5. The molecule has 0 saturated carbocycles. The molecule has 1 heterocycles. The van der Waals surface area contributed by atoms with E-state index in [9.17, 15) is 8.42 Å². The van der Waals surface area contributed by atoms with Gasteiger partial charge in [-0.05, 0) is 49.2 Å². The van der Waals surface area contributed by atoms with Gasteiger partial charge >= 0.3 is 0 Å². The van der Waals surface area contributed by atoms with Crippen LogP contribution in [0.25, 0.3) is 0 Å². The summed E-state index contributed by atoms with van der Waals surface area (Å²) >= 11 is 0. The van der Waals surface area contributed by atoms with Gasteiger partial charge in [0.05, 0.1) is 14.2 Å². The lowest BCUT2D eigenvalue weighted by Crippen LogP contribution is -2.48. The van der Waals surface area contributed by atoms with Gasteiger partial charge in [0.1, 0.15) is 16.4 Å². The summed E-state index contributed by atoms with van der Waals surface area (Å²) in [5.41, 5.74) is 3.63. The van der Waals surface area contributed by atoms with Crippen LogP contribution in [0.4, 0.5) is 5.69 Å². The number of nitrogens with zero attached hydrogens (tertiary/aromatic N) is 2. The molecule has 0 aromatic heterocycles. The Labute approximate surface area is 161 Å². The molecule has 1 saturated heterocycles. The van der Waals surface area contributed by atoms with Crippen molar-refractivity contribution in [3.8, 4) is 11.5 Å². The minimum absolute atomic E-state index is 0.172. The molecule has 1 aliphatic rings. The molecule has 0 aliphatic carbocycles. The third-order valence-corrected chi connectivity index (χ3v) is 7.02. The van der Waals surface area contributed by atoms with Gasteiger partial charge in [0.15, 0.2) is 0 Å². The zero-order valence-electron chi connectivity index (χ0n) is 16.2. The average Bonchev–Trinajstić information content (AvgIpc) is 2.69. The van der Waals surface area contributed by atoms with Gasteiger partial charge in [0, 0.05) is 37.9 Å². The molecule has 0 bridgehead atoms. The molecule has 3 rings (SSSR count). The van der Waals surface area contributed by atoms with Crippen LogP contribution in [0.15, 0.2) is 41.3 Å². The van der Waals surface area contributed by atoms with Crippen LogP contribution < -0.4 is 14.4 Å². The van der Waals surface area contributed by atoms with Crippen molar-refractivity contribution in [3.63, 3.8) is 0 Å². The first-order valence-electron chi connectivity index (χ1n) is 8.91. The maximum absolute atomic E-state index is 13.1. The van der Waals surface area contributed by atoms with Gasteiger partial charge in [-0.2, -0.15) is 4.31 Å². The van der Waals surface area contributed by atoms with Crippen LogP contribution in [0.5, 0.6) is 11.5 Å². The van der Waals surface area contributed by atoms with Crippen LogP contribution in [-0.4, -0.2) is 53.1 Å². The van der Waals surface area contributed by atoms with E-state index >= 15 is 0 Å². The Morgan fingerprint density at radius 2 is 1.56 bits per heavy atom. The molecule has 0 spiro atoms. The number of hydrogen-bond acceptors (Lipinski definition) is 5. The largest absolute Gasteiger partial charge is 0.497 e. The zero-order chi connectivity index (χ0) is 19.6. The summed E-state index contributed by atoms with van der Waals surface area (Å²) in [7, 11) is -0.624. The van der Waals surface area contributed by atoms with Crippen molar-refractivity contribution in [2.45, 2.75) is 18.7 Å². The number of piperazine rings is 1. The van der Waals surface area contributed by atoms with Crippen molar-refractivity contribution >= 4 is 15.7 Å². The molecule has 0 unspecified atom stereocenters. The van der Waals surface area contributed by atoms with Crippen molar-refractivity contribution < 1.29 is 17.9 Å². The highest BCUT2D eigenvalue weighted by Gasteiger charge is 2.31. The molecule has 2 aromatic rings. The standard InChI is InChI=1S/C20H26N2O4S/c1-15-5-6-17(13-16(15)2)21-9-11-22(12-10-21)27(23,24)20-8-7-18(25-3)14-19(20)26-4/h5-8,13-14H,9-12H2,1-4H3. The van der Waals surface area contributed by atoms with Gasteiger partial charge in [-0.25, -0.2) is 8.42 Å². The summed E-state index contributed by atoms with van der Waals surface area (Å²) in [6.45, 7) is 6.36. The quantitative estimate of drug-likeness (QED) is 0.786. The van der Waals surface area contributed by atoms with E-state index in [1.54, 1.807) is 18.2 Å². The molecule has 0 amide bonds. The maximum atomic E-state index is 13.1. The molecular formula is C20H26N2O4S. The van der Waals surface area contributed by atoms with Crippen LogP contribution >= 0.6 is 0 Å². The first-order valence-corrected chi connectivity index (χ1v) is 10.3. The van der Waals surface area contributed by atoms with E-state index in [1.165, 1.54) is 29.7 Å². The molecule has 1 aliphatic heterocycles. The summed E-state index contributed by atoms with van der Waals surface area (Å²) in [5, 5.41) is 0. The molecule has 27 heavy (non-hydrogen) atoms. The van der Waals surface area contributed by atoms with Crippen LogP contribution in [0.1, 0.15) is 11.1 Å². The maximum Gasteiger partial charge on any atom is 0.246 e. The van der Waals surface area contributed by atoms with Gasteiger partial charge < -0.3 is 14.4 Å². The minimum Gasteiger partial charge on any atom is -0.497 e. The predicted octanol–water partition coefficient (Wildman–Crippen LogP) is 2.83. The number of aryl methyl sites for hydroxylation is 2. The van der Waals surface area contributed by atoms with Crippen molar-refractivity contribution in [3.05, 3.63) is 47.5 Å². The van der Waals surface area contributed by atoms with E-state index in [1.807, 2.05) is 0 Å². The number of ether oxygens (including phenoxy) is 2. The molecule has 146 valence electrons. The molecule has 2 aromatic carbocycles. The summed E-state index contributed by atoms with van der Waals surface area (Å²) in [5.74, 6) is 0.858. The smallest absolute Gasteiger partial charge is 0.246 e. The molecule has 0 radical (unpaired) electrons. The molecular weight excluding hydrogens is 364 g/mol. The monoisotopic (exact) mass is 390 g/mol. The summed E-state index contributed by atoms with van der Waals surface area (Å²) in [6, 6.07) is 11.1. The first-order chi connectivity index (χ1) is 12.9. The van der Waals surface area contributed by atoms with E-state index in [4.69, 9.17) is 9.47 Å². The third-order valence-electron chi connectivity index (χ3n) is 5.08. The normalized spacial score (nSPS) is 15.6. The lowest BCUT2D eigenvalue weighted by molar-refractivity contribution is 0.370. The number of sulfonamides is 1.